The number of hydrogen-bond acceptors (Lipinski definition) is 4. The van der Waals surface area contributed by atoms with E-state index in [4.69, 9.17) is 9.47 Å². The molecule has 0 radical (unpaired) electrons. The molecule has 0 fully saturated rings. The lowest BCUT2D eigenvalue weighted by molar-refractivity contribution is -0.134. The number of unbranched alkanes of at least 4 members (excludes halogenated alkanes) is 6. The van der Waals surface area contributed by atoms with Gasteiger partial charge in [-0.15, -0.1) is 11.5 Å². The molecule has 0 bridgehead atoms. The van der Waals surface area contributed by atoms with E-state index in [1.807, 2.05) is 60.7 Å². The van der Waals surface area contributed by atoms with E-state index in [-0.39, 0.29) is 24.8 Å². The summed E-state index contributed by atoms with van der Waals surface area (Å²) in [5.41, 5.74) is 11.5. The van der Waals surface area contributed by atoms with E-state index in [1.54, 1.807) is 12.2 Å². The fourth-order valence-electron chi connectivity index (χ4n) is 4.54. The van der Waals surface area contributed by atoms with Crippen LogP contribution in [0.5, 0.6) is 11.5 Å². The van der Waals surface area contributed by atoms with Gasteiger partial charge in [-0.2, -0.15) is 0 Å². The molecule has 43 heavy (non-hydrogen) atoms. The maximum absolute atomic E-state index is 12.2. The predicted molar refractivity (Wildman–Crippen MR) is 176 cm³/mol. The zero-order chi connectivity index (χ0) is 30.7. The Morgan fingerprint density at radius 1 is 0.605 bits per heavy atom. The van der Waals surface area contributed by atoms with E-state index in [0.29, 0.717) is 11.5 Å². The molecule has 0 aliphatic rings. The molecule has 4 nitrogen and oxygen atoms in total. The first kappa shape index (κ1) is 33.1. The van der Waals surface area contributed by atoms with Gasteiger partial charge in [0, 0.05) is 0 Å². The van der Waals surface area contributed by atoms with E-state index >= 15 is 0 Å². The maximum Gasteiger partial charge on any atom is 0.315 e. The highest BCUT2D eigenvalue weighted by atomic mass is 16.5. The number of ether oxygens (including phenoxy) is 2. The average molecular weight is 577 g/mol. The first-order chi connectivity index (χ1) is 21.0. The van der Waals surface area contributed by atoms with E-state index in [9.17, 15) is 9.59 Å². The lowest BCUT2D eigenvalue weighted by Gasteiger charge is -2.11. The SMILES string of the molecule is CCCCCC=C=CCC(=O)Oc1ccc(-c2ccc(-c3ccc(OC(=O)CC=C=CCCCCC)cc3)c(C)c2)cc1. The van der Waals surface area contributed by atoms with Crippen LogP contribution in [0.25, 0.3) is 22.3 Å². The normalized spacial score (nSPS) is 10.2. The number of esters is 2. The predicted octanol–water partition coefficient (Wildman–Crippen LogP) is 10.5. The number of benzene rings is 3. The number of carbonyl (C=O) groups is 2. The molecule has 3 rings (SSSR count). The molecule has 0 aliphatic carbocycles. The van der Waals surface area contributed by atoms with E-state index in [1.165, 1.54) is 25.7 Å². The van der Waals surface area contributed by atoms with Gasteiger partial charge in [0.2, 0.25) is 0 Å². The first-order valence-electron chi connectivity index (χ1n) is 15.5. The smallest absolute Gasteiger partial charge is 0.315 e. The second-order valence-corrected chi connectivity index (χ2v) is 10.6. The van der Waals surface area contributed by atoms with E-state index < -0.39 is 0 Å². The van der Waals surface area contributed by atoms with E-state index in [2.05, 4.69) is 50.4 Å². The van der Waals surface area contributed by atoms with Gasteiger partial charge in [-0.05, 0) is 109 Å². The van der Waals surface area contributed by atoms with Crippen LogP contribution in [0.2, 0.25) is 0 Å². The van der Waals surface area contributed by atoms with Crippen molar-refractivity contribution in [2.75, 3.05) is 0 Å². The molecule has 0 spiro atoms. The van der Waals surface area contributed by atoms with Gasteiger partial charge in [-0.3, -0.25) is 9.59 Å². The molecular formula is C39H44O4. The van der Waals surface area contributed by atoms with Crippen LogP contribution < -0.4 is 9.47 Å². The highest BCUT2D eigenvalue weighted by Crippen LogP contribution is 2.30. The van der Waals surface area contributed by atoms with Gasteiger partial charge in [-0.1, -0.05) is 82.0 Å². The Labute approximate surface area is 257 Å². The summed E-state index contributed by atoms with van der Waals surface area (Å²) >= 11 is 0. The zero-order valence-electron chi connectivity index (χ0n) is 25.9. The largest absolute Gasteiger partial charge is 0.426 e. The Balaban J connectivity index is 1.52. The fraction of sp³-hybridized carbons (Fsp3) is 0.333. The van der Waals surface area contributed by atoms with Gasteiger partial charge in [0.15, 0.2) is 0 Å². The van der Waals surface area contributed by atoms with Crippen molar-refractivity contribution < 1.29 is 19.1 Å². The molecule has 0 atom stereocenters. The highest BCUT2D eigenvalue weighted by Gasteiger charge is 2.08. The summed E-state index contributed by atoms with van der Waals surface area (Å²) in [5.74, 6) is 0.452. The molecule has 0 saturated heterocycles. The van der Waals surface area contributed by atoms with Gasteiger partial charge in [0.1, 0.15) is 11.5 Å². The molecule has 0 aromatic heterocycles. The van der Waals surface area contributed by atoms with Crippen molar-refractivity contribution in [3.8, 4) is 33.8 Å². The Hall–Kier alpha value is -4.36. The van der Waals surface area contributed by atoms with Crippen LogP contribution in [0.4, 0.5) is 0 Å². The van der Waals surface area contributed by atoms with Crippen molar-refractivity contribution >= 4 is 11.9 Å². The molecule has 0 aliphatic heterocycles. The van der Waals surface area contributed by atoms with Gasteiger partial charge in [-0.25, -0.2) is 0 Å². The topological polar surface area (TPSA) is 52.6 Å². The van der Waals surface area contributed by atoms with Crippen LogP contribution in [0.15, 0.2) is 102 Å². The molecule has 3 aromatic carbocycles. The molecule has 0 heterocycles. The third kappa shape index (κ3) is 12.2. The van der Waals surface area contributed by atoms with Crippen LogP contribution in [0, 0.1) is 6.92 Å². The molecular weight excluding hydrogens is 532 g/mol. The Kier molecular flexibility index (Phi) is 14.6. The summed E-state index contributed by atoms with van der Waals surface area (Å²) in [5, 5.41) is 0. The fourth-order valence-corrected chi connectivity index (χ4v) is 4.54. The maximum atomic E-state index is 12.2. The minimum atomic E-state index is -0.301. The molecule has 0 amide bonds. The monoisotopic (exact) mass is 576 g/mol. The van der Waals surface area contributed by atoms with Crippen molar-refractivity contribution in [1.29, 1.82) is 0 Å². The second kappa shape index (κ2) is 18.9. The number of carbonyl (C=O) groups excluding carboxylic acids is 2. The van der Waals surface area contributed by atoms with Gasteiger partial charge in [0.05, 0.1) is 12.8 Å². The zero-order valence-corrected chi connectivity index (χ0v) is 25.9. The average Bonchev–Trinajstić information content (AvgIpc) is 3.01. The summed E-state index contributed by atoms with van der Waals surface area (Å²) in [6.07, 6.45) is 16.9. The van der Waals surface area contributed by atoms with Gasteiger partial charge >= 0.3 is 11.9 Å². The third-order valence-corrected chi connectivity index (χ3v) is 6.96. The van der Waals surface area contributed by atoms with Crippen molar-refractivity contribution in [1.82, 2.24) is 0 Å². The van der Waals surface area contributed by atoms with Crippen molar-refractivity contribution in [3.05, 3.63) is 108 Å². The molecule has 224 valence electrons. The Morgan fingerprint density at radius 2 is 1.07 bits per heavy atom. The van der Waals surface area contributed by atoms with Crippen molar-refractivity contribution in [2.24, 2.45) is 0 Å². The Bertz CT molecular complexity index is 1430. The summed E-state index contributed by atoms with van der Waals surface area (Å²) < 4.78 is 10.9. The van der Waals surface area contributed by atoms with Crippen LogP contribution >= 0.6 is 0 Å². The quantitative estimate of drug-likeness (QED) is 0.0737. The first-order valence-corrected chi connectivity index (χ1v) is 15.5. The Morgan fingerprint density at radius 3 is 1.53 bits per heavy atom. The summed E-state index contributed by atoms with van der Waals surface area (Å²) in [4.78, 5) is 24.3. The van der Waals surface area contributed by atoms with Gasteiger partial charge < -0.3 is 9.47 Å². The number of aryl methyl sites for hydroxylation is 1. The minimum absolute atomic E-state index is 0.199. The molecule has 4 heteroatoms. The van der Waals surface area contributed by atoms with E-state index in [0.717, 1.165) is 53.5 Å². The van der Waals surface area contributed by atoms with Gasteiger partial charge in [0.25, 0.3) is 0 Å². The van der Waals surface area contributed by atoms with Crippen molar-refractivity contribution in [3.63, 3.8) is 0 Å². The summed E-state index contributed by atoms with van der Waals surface area (Å²) in [6, 6.07) is 21.5. The van der Waals surface area contributed by atoms with Crippen LogP contribution in [0.1, 0.15) is 83.6 Å². The lowest BCUT2D eigenvalue weighted by atomic mass is 9.96. The lowest BCUT2D eigenvalue weighted by Crippen LogP contribution is -2.05. The molecule has 3 aromatic rings. The second-order valence-electron chi connectivity index (χ2n) is 10.6. The molecule has 0 N–H and O–H groups in total. The summed E-state index contributed by atoms with van der Waals surface area (Å²) in [7, 11) is 0. The number of hydrogen-bond donors (Lipinski definition) is 0. The van der Waals surface area contributed by atoms with Crippen LogP contribution in [0.3, 0.4) is 0 Å². The number of rotatable bonds is 16. The minimum Gasteiger partial charge on any atom is -0.426 e. The summed E-state index contributed by atoms with van der Waals surface area (Å²) in [6.45, 7) is 6.44. The van der Waals surface area contributed by atoms with Crippen LogP contribution in [-0.4, -0.2) is 11.9 Å². The van der Waals surface area contributed by atoms with Crippen molar-refractivity contribution in [2.45, 2.75) is 85.0 Å². The standard InChI is InChI=1S/C39H44O4/c1-4-6-8-10-12-14-16-18-38(40)42-35-25-20-32(21-26-35)34-24-29-37(31(3)30-34)33-22-27-36(28-23-33)43-39(41)19-17-15-13-11-9-7-5-2/h12-13,16-17,20-30H,4-11,18-19H2,1-3H3. The highest BCUT2D eigenvalue weighted by molar-refractivity contribution is 5.77. The third-order valence-electron chi connectivity index (χ3n) is 6.96. The van der Waals surface area contributed by atoms with Crippen LogP contribution in [-0.2, 0) is 9.59 Å². The molecule has 0 saturated carbocycles. The molecule has 0 unspecified atom stereocenters.